The molecule has 2 rings (SSSR count). The van der Waals surface area contributed by atoms with Gasteiger partial charge in [-0.3, -0.25) is 0 Å². The molecule has 1 heterocycles. The lowest BCUT2D eigenvalue weighted by atomic mass is 10.2. The van der Waals surface area contributed by atoms with Gasteiger partial charge in [0.05, 0.1) is 12.2 Å². The summed E-state index contributed by atoms with van der Waals surface area (Å²) in [5.74, 6) is 2.03. The van der Waals surface area contributed by atoms with Crippen LogP contribution in [0.1, 0.15) is 17.9 Å². The lowest BCUT2D eigenvalue weighted by Gasteiger charge is -2.06. The number of rotatable bonds is 6. The maximum Gasteiger partial charge on any atom is 0.276 e. The van der Waals surface area contributed by atoms with Gasteiger partial charge in [-0.1, -0.05) is 23.9 Å². The van der Waals surface area contributed by atoms with Gasteiger partial charge in [0.15, 0.2) is 0 Å². The van der Waals surface area contributed by atoms with Gasteiger partial charge in [-0.25, -0.2) is 0 Å². The monoisotopic (exact) mass is 275 g/mol. The number of nitriles is 1. The van der Waals surface area contributed by atoms with Crippen molar-refractivity contribution in [3.8, 4) is 11.8 Å². The summed E-state index contributed by atoms with van der Waals surface area (Å²) in [5, 5.41) is 17.1. The number of aromatic nitrogens is 2. The van der Waals surface area contributed by atoms with Crippen LogP contribution in [0.5, 0.6) is 5.75 Å². The van der Waals surface area contributed by atoms with Gasteiger partial charge in [-0.05, 0) is 18.6 Å². The number of ether oxygens (including phenoxy) is 1. The van der Waals surface area contributed by atoms with Crippen molar-refractivity contribution in [2.24, 2.45) is 0 Å². The third-order valence-corrected chi connectivity index (χ3v) is 3.19. The molecule has 0 aliphatic carbocycles. The van der Waals surface area contributed by atoms with Crippen molar-refractivity contribution in [1.82, 2.24) is 10.2 Å². The summed E-state index contributed by atoms with van der Waals surface area (Å²) in [6.07, 6.45) is 0.839. The molecule has 98 valence electrons. The van der Waals surface area contributed by atoms with Crippen molar-refractivity contribution in [2.45, 2.75) is 18.6 Å². The molecule has 5 nitrogen and oxygen atoms in total. The SMILES string of the molecule is Cc1nnc(SCCCOc2ccccc2C#N)o1. The average molecular weight is 275 g/mol. The lowest BCUT2D eigenvalue weighted by Crippen LogP contribution is -2.00. The zero-order valence-electron chi connectivity index (χ0n) is 10.5. The Kier molecular flexibility index (Phi) is 4.81. The molecule has 1 aromatic heterocycles. The fourth-order valence-corrected chi connectivity index (χ4v) is 2.14. The summed E-state index contributed by atoms with van der Waals surface area (Å²) in [6.45, 7) is 2.32. The van der Waals surface area contributed by atoms with Gasteiger partial charge in [-0.2, -0.15) is 5.26 Å². The van der Waals surface area contributed by atoms with Crippen molar-refractivity contribution in [2.75, 3.05) is 12.4 Å². The first-order valence-corrected chi connectivity index (χ1v) is 6.83. The summed E-state index contributed by atoms with van der Waals surface area (Å²) in [5.41, 5.74) is 0.558. The Hall–Kier alpha value is -2.00. The fraction of sp³-hybridized carbons (Fsp3) is 0.308. The fourth-order valence-electron chi connectivity index (χ4n) is 1.42. The molecule has 0 aliphatic heterocycles. The van der Waals surface area contributed by atoms with Crippen molar-refractivity contribution in [3.63, 3.8) is 0 Å². The van der Waals surface area contributed by atoms with E-state index < -0.39 is 0 Å². The van der Waals surface area contributed by atoms with E-state index in [1.165, 1.54) is 11.8 Å². The second kappa shape index (κ2) is 6.81. The van der Waals surface area contributed by atoms with E-state index in [-0.39, 0.29) is 0 Å². The summed E-state index contributed by atoms with van der Waals surface area (Å²) in [6, 6.07) is 9.31. The van der Waals surface area contributed by atoms with Crippen LogP contribution in [0.2, 0.25) is 0 Å². The number of benzene rings is 1. The summed E-state index contributed by atoms with van der Waals surface area (Å²) in [4.78, 5) is 0. The topological polar surface area (TPSA) is 71.9 Å². The van der Waals surface area contributed by atoms with Crippen molar-refractivity contribution in [3.05, 3.63) is 35.7 Å². The largest absolute Gasteiger partial charge is 0.492 e. The Morgan fingerprint density at radius 2 is 2.21 bits per heavy atom. The molecule has 0 spiro atoms. The van der Waals surface area contributed by atoms with Crippen LogP contribution in [0.15, 0.2) is 33.9 Å². The molecular formula is C13H13N3O2S. The van der Waals surface area contributed by atoms with E-state index in [0.29, 0.717) is 29.0 Å². The zero-order valence-corrected chi connectivity index (χ0v) is 11.3. The van der Waals surface area contributed by atoms with E-state index in [0.717, 1.165) is 12.2 Å². The van der Waals surface area contributed by atoms with Crippen molar-refractivity contribution < 1.29 is 9.15 Å². The molecule has 2 aromatic rings. The van der Waals surface area contributed by atoms with Crippen molar-refractivity contribution >= 4 is 11.8 Å². The number of thioether (sulfide) groups is 1. The number of hydrogen-bond acceptors (Lipinski definition) is 6. The van der Waals surface area contributed by atoms with Crippen LogP contribution in [0.25, 0.3) is 0 Å². The predicted molar refractivity (Wildman–Crippen MR) is 71.0 cm³/mol. The van der Waals surface area contributed by atoms with E-state index in [1.807, 2.05) is 12.1 Å². The quantitative estimate of drug-likeness (QED) is 0.596. The summed E-state index contributed by atoms with van der Waals surface area (Å²) >= 11 is 1.50. The van der Waals surface area contributed by atoms with E-state index >= 15 is 0 Å². The minimum atomic E-state index is 0.554. The maximum atomic E-state index is 8.91. The molecule has 0 amide bonds. The minimum Gasteiger partial charge on any atom is -0.492 e. The first-order chi connectivity index (χ1) is 9.29. The standard InChI is InChI=1S/C13H13N3O2S/c1-10-15-16-13(18-10)19-8-4-7-17-12-6-3-2-5-11(12)9-14/h2-3,5-6H,4,7-8H2,1H3. The number of aryl methyl sites for hydroxylation is 1. The minimum absolute atomic E-state index is 0.554. The third-order valence-electron chi connectivity index (χ3n) is 2.29. The molecule has 0 aliphatic rings. The second-order valence-electron chi connectivity index (χ2n) is 3.75. The third kappa shape index (κ3) is 4.00. The Balaban J connectivity index is 1.71. The highest BCUT2D eigenvalue weighted by atomic mass is 32.2. The highest BCUT2D eigenvalue weighted by Crippen LogP contribution is 2.19. The van der Waals surface area contributed by atoms with Gasteiger partial charge in [0.2, 0.25) is 5.89 Å². The van der Waals surface area contributed by atoms with Crippen LogP contribution in [0.3, 0.4) is 0 Å². The molecule has 0 unspecified atom stereocenters. The molecule has 0 saturated heterocycles. The Labute approximate surface area is 115 Å². The lowest BCUT2D eigenvalue weighted by molar-refractivity contribution is 0.317. The normalized spacial score (nSPS) is 10.1. The van der Waals surface area contributed by atoms with Crippen LogP contribution in [0.4, 0.5) is 0 Å². The van der Waals surface area contributed by atoms with Gasteiger partial charge in [0.25, 0.3) is 5.22 Å². The highest BCUT2D eigenvalue weighted by molar-refractivity contribution is 7.99. The summed E-state index contributed by atoms with van der Waals surface area (Å²) in [7, 11) is 0. The summed E-state index contributed by atoms with van der Waals surface area (Å²) < 4.78 is 10.8. The van der Waals surface area contributed by atoms with Gasteiger partial charge in [0.1, 0.15) is 11.8 Å². The van der Waals surface area contributed by atoms with Crippen LogP contribution in [-0.4, -0.2) is 22.6 Å². The number of para-hydroxylation sites is 1. The number of hydrogen-bond donors (Lipinski definition) is 0. The number of nitrogens with zero attached hydrogens (tertiary/aromatic N) is 3. The van der Waals surface area contributed by atoms with Crippen molar-refractivity contribution in [1.29, 1.82) is 5.26 Å². The predicted octanol–water partition coefficient (Wildman–Crippen LogP) is 2.81. The van der Waals surface area contributed by atoms with Crippen LogP contribution < -0.4 is 4.74 Å². The highest BCUT2D eigenvalue weighted by Gasteiger charge is 2.04. The molecule has 19 heavy (non-hydrogen) atoms. The first kappa shape index (κ1) is 13.4. The van der Waals surface area contributed by atoms with Gasteiger partial charge >= 0.3 is 0 Å². The molecule has 0 saturated carbocycles. The average Bonchev–Trinajstić information content (AvgIpc) is 2.84. The molecule has 6 heteroatoms. The van der Waals surface area contributed by atoms with E-state index in [9.17, 15) is 0 Å². The molecule has 0 N–H and O–H groups in total. The Bertz CT molecular complexity index is 577. The van der Waals surface area contributed by atoms with E-state index in [1.54, 1.807) is 19.1 Å². The molecule has 0 atom stereocenters. The Morgan fingerprint density at radius 1 is 1.37 bits per heavy atom. The molecule has 0 radical (unpaired) electrons. The van der Waals surface area contributed by atoms with Gasteiger partial charge in [-0.15, -0.1) is 10.2 Å². The van der Waals surface area contributed by atoms with Gasteiger partial charge in [0, 0.05) is 12.7 Å². The molecule has 0 bridgehead atoms. The smallest absolute Gasteiger partial charge is 0.276 e. The molecule has 0 fully saturated rings. The first-order valence-electron chi connectivity index (χ1n) is 5.84. The second-order valence-corrected chi connectivity index (χ2v) is 4.79. The maximum absolute atomic E-state index is 8.91. The van der Waals surface area contributed by atoms with Crippen LogP contribution in [0, 0.1) is 18.3 Å². The molecule has 1 aromatic carbocycles. The van der Waals surface area contributed by atoms with Crippen LogP contribution in [-0.2, 0) is 0 Å². The Morgan fingerprint density at radius 3 is 2.95 bits per heavy atom. The van der Waals surface area contributed by atoms with Gasteiger partial charge < -0.3 is 9.15 Å². The van der Waals surface area contributed by atoms with E-state index in [2.05, 4.69) is 16.3 Å². The van der Waals surface area contributed by atoms with Crippen LogP contribution >= 0.6 is 11.8 Å². The zero-order chi connectivity index (χ0) is 13.5. The van der Waals surface area contributed by atoms with E-state index in [4.69, 9.17) is 14.4 Å². The molecular weight excluding hydrogens is 262 g/mol.